The van der Waals surface area contributed by atoms with Gasteiger partial charge in [0.1, 0.15) is 5.65 Å². The Hall–Kier alpha value is -1.99. The maximum Gasteiger partial charge on any atom is 0.277 e. The summed E-state index contributed by atoms with van der Waals surface area (Å²) in [6.07, 6.45) is 6.22. The molecule has 28 heavy (non-hydrogen) atoms. The minimum absolute atomic E-state index is 0.0911. The van der Waals surface area contributed by atoms with Crippen molar-refractivity contribution in [2.24, 2.45) is 11.8 Å². The monoisotopic (exact) mass is 386 g/mol. The van der Waals surface area contributed by atoms with Crippen molar-refractivity contribution < 1.29 is 14.3 Å². The third-order valence-electron chi connectivity index (χ3n) is 7.01. The van der Waals surface area contributed by atoms with Gasteiger partial charge in [-0.15, -0.1) is 0 Å². The van der Waals surface area contributed by atoms with Crippen LogP contribution in [0.3, 0.4) is 0 Å². The van der Waals surface area contributed by atoms with Crippen LogP contribution in [0.5, 0.6) is 0 Å². The van der Waals surface area contributed by atoms with Crippen LogP contribution < -0.4 is 0 Å². The Balaban J connectivity index is 1.44. The van der Waals surface area contributed by atoms with Crippen molar-refractivity contribution in [1.29, 1.82) is 0 Å². The highest BCUT2D eigenvalue weighted by molar-refractivity contribution is 5.93. The van der Waals surface area contributed by atoms with Crippen molar-refractivity contribution >= 4 is 11.6 Å². The van der Waals surface area contributed by atoms with Crippen LogP contribution in [0.2, 0.25) is 0 Å². The quantitative estimate of drug-likeness (QED) is 0.859. The average Bonchev–Trinajstić information content (AvgIpc) is 3.04. The molecule has 0 spiro atoms. The van der Waals surface area contributed by atoms with E-state index in [-0.39, 0.29) is 30.2 Å². The van der Waals surface area contributed by atoms with E-state index in [1.165, 1.54) is 17.2 Å². The molecule has 2 aromatic heterocycles. The molecule has 150 valence electrons. The molecule has 3 aliphatic heterocycles. The molecule has 3 saturated heterocycles. The molecule has 4 atom stereocenters. The smallest absolute Gasteiger partial charge is 0.277 e. The number of aromatic nitrogens is 2. The van der Waals surface area contributed by atoms with Crippen molar-refractivity contribution in [3.8, 4) is 0 Å². The Morgan fingerprint density at radius 2 is 2.11 bits per heavy atom. The summed E-state index contributed by atoms with van der Waals surface area (Å²) in [7, 11) is 0. The lowest BCUT2D eigenvalue weighted by molar-refractivity contribution is -0.0796. The van der Waals surface area contributed by atoms with Gasteiger partial charge in [-0.3, -0.25) is 14.1 Å². The SMILES string of the molecule is Cc1ccc2nc(C(=O)N3C[C@H]4C[C@@H](C3)[C@H](CO)N3CCCC[C@@H]43)c(F)n2c1. The Labute approximate surface area is 164 Å². The number of aliphatic hydroxyl groups is 1. The summed E-state index contributed by atoms with van der Waals surface area (Å²) in [4.78, 5) is 21.7. The fourth-order valence-corrected chi connectivity index (χ4v) is 5.73. The number of halogens is 1. The maximum absolute atomic E-state index is 14.9. The molecular formula is C21H27FN4O2. The number of hydrogen-bond donors (Lipinski definition) is 1. The fourth-order valence-electron chi connectivity index (χ4n) is 5.73. The van der Waals surface area contributed by atoms with Crippen LogP contribution in [0.15, 0.2) is 18.3 Å². The van der Waals surface area contributed by atoms with Crippen molar-refractivity contribution in [2.75, 3.05) is 26.2 Å². The number of pyridine rings is 1. The molecule has 2 aromatic rings. The number of rotatable bonds is 2. The number of hydrogen-bond acceptors (Lipinski definition) is 4. The molecule has 5 heterocycles. The van der Waals surface area contributed by atoms with E-state index in [1.54, 1.807) is 17.2 Å². The zero-order valence-electron chi connectivity index (χ0n) is 16.2. The first-order chi connectivity index (χ1) is 13.6. The third-order valence-corrected chi connectivity index (χ3v) is 7.01. The Kier molecular flexibility index (Phi) is 4.39. The molecule has 1 N–H and O–H groups in total. The van der Waals surface area contributed by atoms with Gasteiger partial charge in [0.2, 0.25) is 5.95 Å². The van der Waals surface area contributed by atoms with Crippen LogP contribution in [0.4, 0.5) is 4.39 Å². The first kappa shape index (κ1) is 18.1. The molecule has 5 rings (SSSR count). The van der Waals surface area contributed by atoms with Crippen LogP contribution in [0, 0.1) is 24.7 Å². The largest absolute Gasteiger partial charge is 0.395 e. The second kappa shape index (κ2) is 6.81. The minimum atomic E-state index is -0.586. The van der Waals surface area contributed by atoms with Crippen LogP contribution in [0.1, 0.15) is 41.7 Å². The number of imidazole rings is 1. The predicted molar refractivity (Wildman–Crippen MR) is 103 cm³/mol. The molecule has 3 fully saturated rings. The number of carbonyl (C=O) groups excluding carboxylic acids is 1. The van der Waals surface area contributed by atoms with Gasteiger partial charge < -0.3 is 10.0 Å². The van der Waals surface area contributed by atoms with Gasteiger partial charge in [-0.1, -0.05) is 12.5 Å². The number of piperidine rings is 3. The molecule has 0 aliphatic carbocycles. The van der Waals surface area contributed by atoms with Crippen LogP contribution >= 0.6 is 0 Å². The van der Waals surface area contributed by atoms with Gasteiger partial charge >= 0.3 is 0 Å². The summed E-state index contributed by atoms with van der Waals surface area (Å²) in [5.74, 6) is -0.274. The van der Waals surface area contributed by atoms with E-state index < -0.39 is 5.95 Å². The van der Waals surface area contributed by atoms with Gasteiger partial charge in [-0.25, -0.2) is 4.98 Å². The number of carbonyl (C=O) groups is 1. The normalized spacial score (nSPS) is 30.5. The van der Waals surface area contributed by atoms with Gasteiger partial charge in [0.25, 0.3) is 5.91 Å². The number of aliphatic hydroxyl groups excluding tert-OH is 1. The number of amides is 1. The zero-order chi connectivity index (χ0) is 19.4. The number of fused-ring (bicyclic) bond motifs is 5. The number of nitrogens with zero attached hydrogens (tertiary/aromatic N) is 4. The predicted octanol–water partition coefficient (Wildman–Crippen LogP) is 2.09. The highest BCUT2D eigenvalue weighted by atomic mass is 19.1. The van der Waals surface area contributed by atoms with Crippen molar-refractivity contribution in [1.82, 2.24) is 19.2 Å². The maximum atomic E-state index is 14.9. The standard InChI is InChI=1S/C21H27FN4O2/c1-13-5-6-18-23-19(20(22)26(18)9-13)21(28)24-10-14-8-15(11-24)17(12-27)25-7-3-2-4-16(14)25/h5-6,9,14-17,27H,2-4,7-8,10-12H2,1H3/t14-,15+,16+,17+/m1/s1. The Morgan fingerprint density at radius 1 is 1.29 bits per heavy atom. The second-order valence-electron chi connectivity index (χ2n) is 8.70. The van der Waals surface area contributed by atoms with E-state index in [0.29, 0.717) is 30.7 Å². The molecule has 3 aliphatic rings. The lowest BCUT2D eigenvalue weighted by Crippen LogP contribution is -2.65. The van der Waals surface area contributed by atoms with E-state index in [4.69, 9.17) is 0 Å². The van der Waals surface area contributed by atoms with Gasteiger partial charge in [0.05, 0.1) is 6.61 Å². The Morgan fingerprint density at radius 3 is 2.93 bits per heavy atom. The highest BCUT2D eigenvalue weighted by Crippen LogP contribution is 2.41. The Bertz CT molecular complexity index is 899. The van der Waals surface area contributed by atoms with Crippen LogP contribution in [-0.4, -0.2) is 68.5 Å². The minimum Gasteiger partial charge on any atom is -0.395 e. The molecule has 0 radical (unpaired) electrons. The summed E-state index contributed by atoms with van der Waals surface area (Å²) in [5.41, 5.74) is 1.28. The van der Waals surface area contributed by atoms with Gasteiger partial charge in [-0.05, 0) is 56.2 Å². The highest BCUT2D eigenvalue weighted by Gasteiger charge is 2.48. The molecule has 7 heteroatoms. The summed E-state index contributed by atoms with van der Waals surface area (Å²) in [5, 5.41) is 10.0. The van der Waals surface area contributed by atoms with Crippen LogP contribution in [0.25, 0.3) is 5.65 Å². The van der Waals surface area contributed by atoms with Crippen molar-refractivity contribution in [3.05, 3.63) is 35.5 Å². The molecule has 2 bridgehead atoms. The second-order valence-corrected chi connectivity index (χ2v) is 8.70. The van der Waals surface area contributed by atoms with Crippen LogP contribution in [-0.2, 0) is 0 Å². The lowest BCUT2D eigenvalue weighted by Gasteiger charge is -2.56. The van der Waals surface area contributed by atoms with Gasteiger partial charge in [0.15, 0.2) is 5.69 Å². The summed E-state index contributed by atoms with van der Waals surface area (Å²) >= 11 is 0. The number of likely N-dealkylation sites (tertiary alicyclic amines) is 1. The van der Waals surface area contributed by atoms with E-state index >= 15 is 0 Å². The van der Waals surface area contributed by atoms with E-state index in [2.05, 4.69) is 9.88 Å². The first-order valence-corrected chi connectivity index (χ1v) is 10.4. The number of aryl methyl sites for hydroxylation is 1. The first-order valence-electron chi connectivity index (χ1n) is 10.4. The van der Waals surface area contributed by atoms with Crippen molar-refractivity contribution in [2.45, 2.75) is 44.7 Å². The zero-order valence-corrected chi connectivity index (χ0v) is 16.2. The average molecular weight is 386 g/mol. The van der Waals surface area contributed by atoms with Gasteiger partial charge in [-0.2, -0.15) is 4.39 Å². The topological polar surface area (TPSA) is 61.1 Å². The molecule has 0 saturated carbocycles. The third kappa shape index (κ3) is 2.75. The fraction of sp³-hybridized carbons (Fsp3) is 0.619. The van der Waals surface area contributed by atoms with Gasteiger partial charge in [0, 0.05) is 31.4 Å². The lowest BCUT2D eigenvalue weighted by atomic mass is 9.72. The molecule has 0 aromatic carbocycles. The van der Waals surface area contributed by atoms with E-state index in [1.807, 2.05) is 13.0 Å². The molecule has 0 unspecified atom stereocenters. The molecule has 1 amide bonds. The summed E-state index contributed by atoms with van der Waals surface area (Å²) in [6.45, 7) is 4.27. The van der Waals surface area contributed by atoms with E-state index in [0.717, 1.165) is 24.9 Å². The van der Waals surface area contributed by atoms with E-state index in [9.17, 15) is 14.3 Å². The van der Waals surface area contributed by atoms with Crippen molar-refractivity contribution in [3.63, 3.8) is 0 Å². The molecule has 6 nitrogen and oxygen atoms in total. The summed E-state index contributed by atoms with van der Waals surface area (Å²) < 4.78 is 16.3. The summed E-state index contributed by atoms with van der Waals surface area (Å²) in [6, 6.07) is 4.13. The molecular weight excluding hydrogens is 359 g/mol.